The number of hydrogen-bond acceptors (Lipinski definition) is 6. The summed E-state index contributed by atoms with van der Waals surface area (Å²) in [6.07, 6.45) is 5.51. The van der Waals surface area contributed by atoms with Crippen LogP contribution in [0.25, 0.3) is 22.3 Å². The molecule has 0 atom stereocenters. The number of rotatable bonds is 7. The Balaban J connectivity index is 1.54. The van der Waals surface area contributed by atoms with E-state index >= 15 is 0 Å². The van der Waals surface area contributed by atoms with E-state index in [9.17, 15) is 23.6 Å². The number of aromatic hydroxyl groups is 1. The highest BCUT2D eigenvalue weighted by atomic mass is 32.2. The Morgan fingerprint density at radius 2 is 1.37 bits per heavy atom. The number of ether oxygens (including phenoxy) is 1. The largest absolute Gasteiger partial charge is 0.507 e. The molecule has 1 aliphatic carbocycles. The number of nitro groups is 1. The first-order valence-corrected chi connectivity index (χ1v) is 14.0. The van der Waals surface area contributed by atoms with Gasteiger partial charge in [0.05, 0.1) is 20.8 Å². The highest BCUT2D eigenvalue weighted by molar-refractivity contribution is 7.91. The van der Waals surface area contributed by atoms with E-state index < -0.39 is 14.8 Å². The molecule has 0 saturated heterocycles. The van der Waals surface area contributed by atoms with Crippen LogP contribution in [-0.4, -0.2) is 24.6 Å². The zero-order valence-corrected chi connectivity index (χ0v) is 21.4. The van der Waals surface area contributed by atoms with Crippen LogP contribution < -0.4 is 4.74 Å². The molecule has 0 amide bonds. The van der Waals surface area contributed by atoms with Crippen LogP contribution >= 0.6 is 0 Å². The molecule has 0 aromatic heterocycles. The van der Waals surface area contributed by atoms with Gasteiger partial charge in [-0.25, -0.2) is 8.42 Å². The van der Waals surface area contributed by atoms with Gasteiger partial charge in [0.25, 0.3) is 5.69 Å². The summed E-state index contributed by atoms with van der Waals surface area (Å²) < 4.78 is 33.8. The first-order valence-electron chi connectivity index (χ1n) is 12.5. The van der Waals surface area contributed by atoms with Crippen molar-refractivity contribution in [3.8, 4) is 33.8 Å². The van der Waals surface area contributed by atoms with E-state index in [1.54, 1.807) is 18.2 Å². The fraction of sp³-hybridized carbons (Fsp3) is 0.200. The Morgan fingerprint density at radius 3 is 2.03 bits per heavy atom. The molecule has 1 N–H and O–H groups in total. The maximum atomic E-state index is 13.7. The predicted octanol–water partition coefficient (Wildman–Crippen LogP) is 7.18. The lowest BCUT2D eigenvalue weighted by Gasteiger charge is -2.24. The van der Waals surface area contributed by atoms with Crippen LogP contribution in [0.5, 0.6) is 11.5 Å². The van der Waals surface area contributed by atoms with Crippen LogP contribution in [-0.2, 0) is 9.84 Å². The van der Waals surface area contributed by atoms with Gasteiger partial charge >= 0.3 is 0 Å². The first kappa shape index (κ1) is 25.5. The van der Waals surface area contributed by atoms with E-state index in [2.05, 4.69) is 0 Å². The van der Waals surface area contributed by atoms with Gasteiger partial charge in [-0.2, -0.15) is 0 Å². The van der Waals surface area contributed by atoms with Gasteiger partial charge in [-0.1, -0.05) is 36.8 Å². The Hall–Kier alpha value is -4.17. The Kier molecular flexibility index (Phi) is 7.15. The molecule has 38 heavy (non-hydrogen) atoms. The van der Waals surface area contributed by atoms with Crippen LogP contribution in [0.2, 0.25) is 0 Å². The van der Waals surface area contributed by atoms with Gasteiger partial charge in [-0.3, -0.25) is 10.1 Å². The molecule has 0 spiro atoms. The molecule has 4 aromatic rings. The standard InChI is InChI=1S/C30H27NO6S/c32-29-17-15-25(19-27(29)22-11-13-23(14-12-22)31(33)34)38(35,36)26-16-18-30(37-24-9-5-2-6-10-24)28(20-26)21-7-3-1-4-8-21/h1,3-4,7-8,11-20,24,32H,2,5-6,9-10H2. The zero-order valence-electron chi connectivity index (χ0n) is 20.6. The van der Waals surface area contributed by atoms with Crippen LogP contribution in [0.1, 0.15) is 32.1 Å². The van der Waals surface area contributed by atoms with E-state index in [0.717, 1.165) is 31.2 Å². The third-order valence-electron chi connectivity index (χ3n) is 6.86. The van der Waals surface area contributed by atoms with Crippen molar-refractivity contribution >= 4 is 15.5 Å². The third-order valence-corrected chi connectivity index (χ3v) is 8.61. The molecule has 194 valence electrons. The van der Waals surface area contributed by atoms with E-state index in [0.29, 0.717) is 16.9 Å². The van der Waals surface area contributed by atoms with Crippen molar-refractivity contribution in [2.75, 3.05) is 0 Å². The molecule has 8 heteroatoms. The number of sulfone groups is 1. The quantitative estimate of drug-likeness (QED) is 0.201. The van der Waals surface area contributed by atoms with Crippen LogP contribution in [0, 0.1) is 10.1 Å². The molecule has 1 aliphatic rings. The molecule has 0 radical (unpaired) electrons. The lowest BCUT2D eigenvalue weighted by atomic mass is 9.97. The average Bonchev–Trinajstić information content (AvgIpc) is 2.94. The van der Waals surface area contributed by atoms with Gasteiger partial charge in [0.15, 0.2) is 0 Å². The van der Waals surface area contributed by atoms with Crippen molar-refractivity contribution in [1.29, 1.82) is 0 Å². The number of benzene rings is 4. The molecule has 0 aliphatic heterocycles. The van der Waals surface area contributed by atoms with Crippen molar-refractivity contribution in [3.05, 3.63) is 101 Å². The summed E-state index contributed by atoms with van der Waals surface area (Å²) >= 11 is 0. The molecular formula is C30H27NO6S. The van der Waals surface area contributed by atoms with Gasteiger partial charge in [0.2, 0.25) is 9.84 Å². The van der Waals surface area contributed by atoms with Gasteiger partial charge in [0, 0.05) is 23.3 Å². The second-order valence-corrected chi connectivity index (χ2v) is 11.3. The second kappa shape index (κ2) is 10.7. The van der Waals surface area contributed by atoms with E-state index in [4.69, 9.17) is 4.74 Å². The maximum Gasteiger partial charge on any atom is 0.269 e. The molecule has 0 bridgehead atoms. The lowest BCUT2D eigenvalue weighted by Crippen LogP contribution is -2.20. The Bertz CT molecular complexity index is 1560. The predicted molar refractivity (Wildman–Crippen MR) is 145 cm³/mol. The summed E-state index contributed by atoms with van der Waals surface area (Å²) in [5.41, 5.74) is 2.19. The number of nitrogens with zero attached hydrogens (tertiary/aromatic N) is 1. The summed E-state index contributed by atoms with van der Waals surface area (Å²) in [5, 5.41) is 21.4. The van der Waals surface area contributed by atoms with Gasteiger partial charge < -0.3 is 9.84 Å². The minimum atomic E-state index is -3.96. The summed E-state index contributed by atoms with van der Waals surface area (Å²) in [5.74, 6) is 0.526. The number of non-ortho nitro benzene ring substituents is 1. The first-order chi connectivity index (χ1) is 18.3. The van der Waals surface area contributed by atoms with Crippen molar-refractivity contribution in [2.24, 2.45) is 0 Å². The normalized spacial score (nSPS) is 14.2. The fourth-order valence-electron chi connectivity index (χ4n) is 4.80. The van der Waals surface area contributed by atoms with Gasteiger partial charge in [0.1, 0.15) is 11.5 Å². The summed E-state index contributed by atoms with van der Waals surface area (Å²) in [4.78, 5) is 10.6. The molecule has 7 nitrogen and oxygen atoms in total. The Labute approximate surface area is 221 Å². The molecular weight excluding hydrogens is 502 g/mol. The van der Waals surface area contributed by atoms with Crippen molar-refractivity contribution in [1.82, 2.24) is 0 Å². The molecule has 1 saturated carbocycles. The molecule has 0 heterocycles. The summed E-state index contributed by atoms with van der Waals surface area (Å²) in [7, 11) is -3.96. The highest BCUT2D eigenvalue weighted by Crippen LogP contribution is 2.38. The van der Waals surface area contributed by atoms with Crippen molar-refractivity contribution in [2.45, 2.75) is 48.0 Å². The van der Waals surface area contributed by atoms with Crippen LogP contribution in [0.3, 0.4) is 0 Å². The number of nitro benzene ring substituents is 1. The lowest BCUT2D eigenvalue weighted by molar-refractivity contribution is -0.384. The smallest absolute Gasteiger partial charge is 0.269 e. The SMILES string of the molecule is O=[N+]([O-])c1ccc(-c2cc(S(=O)(=O)c3ccc(OC4CCCCC4)c(-c4ccccc4)c3)ccc2O)cc1. The zero-order chi connectivity index (χ0) is 26.7. The minimum Gasteiger partial charge on any atom is -0.507 e. The number of phenols is 1. The van der Waals surface area contributed by atoms with Gasteiger partial charge in [-0.05, 0) is 85.3 Å². The number of phenolic OH excluding ortho intramolecular Hbond substituents is 1. The van der Waals surface area contributed by atoms with Gasteiger partial charge in [-0.15, -0.1) is 0 Å². The topological polar surface area (TPSA) is 107 Å². The Morgan fingerprint density at radius 1 is 0.763 bits per heavy atom. The third kappa shape index (κ3) is 5.26. The van der Waals surface area contributed by atoms with Crippen LogP contribution in [0.4, 0.5) is 5.69 Å². The van der Waals surface area contributed by atoms with Crippen molar-refractivity contribution in [3.63, 3.8) is 0 Å². The van der Waals surface area contributed by atoms with E-state index in [1.807, 2.05) is 30.3 Å². The highest BCUT2D eigenvalue weighted by Gasteiger charge is 2.23. The maximum absolute atomic E-state index is 13.7. The monoisotopic (exact) mass is 529 g/mol. The molecule has 4 aromatic carbocycles. The second-order valence-electron chi connectivity index (χ2n) is 9.39. The average molecular weight is 530 g/mol. The fourth-order valence-corrected chi connectivity index (χ4v) is 6.11. The molecule has 0 unspecified atom stereocenters. The summed E-state index contributed by atoms with van der Waals surface area (Å²) in [6.45, 7) is 0. The minimum absolute atomic E-state index is 0.00335. The summed E-state index contributed by atoms with van der Waals surface area (Å²) in [6, 6.07) is 24.1. The van der Waals surface area contributed by atoms with E-state index in [1.165, 1.54) is 48.9 Å². The number of hydrogen-bond donors (Lipinski definition) is 1. The van der Waals surface area contributed by atoms with Crippen molar-refractivity contribution < 1.29 is 23.2 Å². The van der Waals surface area contributed by atoms with E-state index in [-0.39, 0.29) is 32.9 Å². The molecule has 1 fully saturated rings. The molecule has 5 rings (SSSR count). The van der Waals surface area contributed by atoms with Crippen LogP contribution in [0.15, 0.2) is 101 Å².